The molecule has 0 amide bonds. The van der Waals surface area contributed by atoms with Crippen molar-refractivity contribution in [3.8, 4) is 0 Å². The topological polar surface area (TPSA) is 67.9 Å². The predicted molar refractivity (Wildman–Crippen MR) is 81.8 cm³/mol. The number of rotatable bonds is 7. The van der Waals surface area contributed by atoms with Crippen LogP contribution in [0, 0.1) is 6.92 Å². The maximum Gasteiger partial charge on any atom is 0.270 e. The maximum absolute atomic E-state index is 11.8. The standard InChI is InChI=1S/C14H22N2O4S/c1-13-3-2-4-14(11-13)15-12-20-21(17,18)10-7-16-5-8-19-9-6-16/h2-4,11,15H,5-10,12H2,1H3. The SMILES string of the molecule is Cc1cccc(NCOS(=O)(=O)CCN2CCOCC2)c1. The van der Waals surface area contributed by atoms with E-state index in [2.05, 4.69) is 10.2 Å². The fraction of sp³-hybridized carbons (Fsp3) is 0.571. The van der Waals surface area contributed by atoms with Crippen LogP contribution in [0.5, 0.6) is 0 Å². The second-order valence-electron chi connectivity index (χ2n) is 5.02. The van der Waals surface area contributed by atoms with Gasteiger partial charge in [-0.25, -0.2) is 4.18 Å². The second kappa shape index (κ2) is 7.74. The molecule has 0 spiro atoms. The predicted octanol–water partition coefficient (Wildman–Crippen LogP) is 1.04. The molecule has 1 heterocycles. The molecule has 21 heavy (non-hydrogen) atoms. The number of ether oxygens (including phenoxy) is 1. The number of benzene rings is 1. The minimum atomic E-state index is -3.51. The quantitative estimate of drug-likeness (QED) is 0.599. The fourth-order valence-corrected chi connectivity index (χ4v) is 2.92. The Hall–Kier alpha value is -1.15. The molecule has 0 aliphatic carbocycles. The first kappa shape index (κ1) is 16.2. The average molecular weight is 314 g/mol. The van der Waals surface area contributed by atoms with Gasteiger partial charge in [0.15, 0.2) is 0 Å². The summed E-state index contributed by atoms with van der Waals surface area (Å²) >= 11 is 0. The van der Waals surface area contributed by atoms with Gasteiger partial charge >= 0.3 is 0 Å². The first-order chi connectivity index (χ1) is 10.1. The van der Waals surface area contributed by atoms with Crippen LogP contribution in [-0.2, 0) is 19.0 Å². The molecular formula is C14H22N2O4S. The summed E-state index contributed by atoms with van der Waals surface area (Å²) in [6.45, 7) is 5.29. The molecule has 1 fully saturated rings. The monoisotopic (exact) mass is 314 g/mol. The van der Waals surface area contributed by atoms with Gasteiger partial charge in [0.2, 0.25) is 0 Å². The van der Waals surface area contributed by atoms with Crippen molar-refractivity contribution in [2.24, 2.45) is 0 Å². The van der Waals surface area contributed by atoms with E-state index in [0.29, 0.717) is 19.8 Å². The van der Waals surface area contributed by atoms with Crippen molar-refractivity contribution in [2.75, 3.05) is 50.6 Å². The highest BCUT2D eigenvalue weighted by atomic mass is 32.2. The molecule has 1 aromatic carbocycles. The van der Waals surface area contributed by atoms with E-state index in [1.54, 1.807) is 0 Å². The van der Waals surface area contributed by atoms with Crippen molar-refractivity contribution in [1.82, 2.24) is 4.90 Å². The lowest BCUT2D eigenvalue weighted by Crippen LogP contribution is -2.39. The van der Waals surface area contributed by atoms with Crippen LogP contribution >= 0.6 is 0 Å². The number of nitrogens with one attached hydrogen (secondary N) is 1. The molecule has 0 radical (unpaired) electrons. The van der Waals surface area contributed by atoms with Crippen molar-refractivity contribution in [2.45, 2.75) is 6.92 Å². The molecule has 6 nitrogen and oxygen atoms in total. The van der Waals surface area contributed by atoms with Crippen molar-refractivity contribution in [3.63, 3.8) is 0 Å². The maximum atomic E-state index is 11.8. The molecule has 0 bridgehead atoms. The minimum absolute atomic E-state index is 0.00248. The third kappa shape index (κ3) is 6.01. The number of hydrogen-bond acceptors (Lipinski definition) is 6. The summed E-state index contributed by atoms with van der Waals surface area (Å²) in [4.78, 5) is 2.07. The van der Waals surface area contributed by atoms with Gasteiger partial charge in [0, 0.05) is 25.3 Å². The van der Waals surface area contributed by atoms with Crippen LogP contribution < -0.4 is 5.32 Å². The molecular weight excluding hydrogens is 292 g/mol. The first-order valence-corrected chi connectivity index (χ1v) is 8.61. The number of hydrogen-bond donors (Lipinski definition) is 1. The lowest BCUT2D eigenvalue weighted by Gasteiger charge is -2.26. The number of morpholine rings is 1. The molecule has 1 aliphatic rings. The fourth-order valence-electron chi connectivity index (χ4n) is 2.08. The molecule has 0 unspecified atom stereocenters. The summed E-state index contributed by atoms with van der Waals surface area (Å²) in [5.74, 6) is 0.00248. The lowest BCUT2D eigenvalue weighted by molar-refractivity contribution is 0.0405. The van der Waals surface area contributed by atoms with E-state index >= 15 is 0 Å². The summed E-state index contributed by atoms with van der Waals surface area (Å²) in [6.07, 6.45) is 0. The normalized spacial score (nSPS) is 16.8. The Morgan fingerprint density at radius 1 is 1.33 bits per heavy atom. The highest BCUT2D eigenvalue weighted by molar-refractivity contribution is 7.86. The van der Waals surface area contributed by atoms with Crippen LogP contribution in [0.3, 0.4) is 0 Å². The van der Waals surface area contributed by atoms with Crippen LogP contribution in [0.15, 0.2) is 24.3 Å². The molecule has 118 valence electrons. The highest BCUT2D eigenvalue weighted by Gasteiger charge is 2.16. The average Bonchev–Trinajstić information content (AvgIpc) is 2.46. The lowest BCUT2D eigenvalue weighted by atomic mass is 10.2. The first-order valence-electron chi connectivity index (χ1n) is 7.03. The van der Waals surface area contributed by atoms with Gasteiger partial charge in [-0.15, -0.1) is 0 Å². The third-order valence-electron chi connectivity index (χ3n) is 3.29. The smallest absolute Gasteiger partial charge is 0.270 e. The van der Waals surface area contributed by atoms with E-state index in [1.807, 2.05) is 31.2 Å². The summed E-state index contributed by atoms with van der Waals surface area (Å²) < 4.78 is 33.8. The summed E-state index contributed by atoms with van der Waals surface area (Å²) in [5, 5.41) is 2.94. The number of anilines is 1. The van der Waals surface area contributed by atoms with Gasteiger partial charge in [-0.05, 0) is 24.6 Å². The zero-order valence-electron chi connectivity index (χ0n) is 12.2. The summed E-state index contributed by atoms with van der Waals surface area (Å²) in [6, 6.07) is 7.69. The van der Waals surface area contributed by atoms with Crippen LogP contribution in [0.2, 0.25) is 0 Å². The molecule has 0 aromatic heterocycles. The number of aryl methyl sites for hydroxylation is 1. The molecule has 1 saturated heterocycles. The molecule has 2 rings (SSSR count). The van der Waals surface area contributed by atoms with Gasteiger partial charge in [0.25, 0.3) is 10.1 Å². The van der Waals surface area contributed by atoms with Gasteiger partial charge in [0.05, 0.1) is 19.0 Å². The Bertz CT molecular complexity index is 542. The molecule has 7 heteroatoms. The van der Waals surface area contributed by atoms with Crippen LogP contribution in [0.4, 0.5) is 5.69 Å². The van der Waals surface area contributed by atoms with E-state index in [4.69, 9.17) is 8.92 Å². The second-order valence-corrected chi connectivity index (χ2v) is 6.78. The molecule has 1 N–H and O–H groups in total. The third-order valence-corrected chi connectivity index (χ3v) is 4.45. The zero-order valence-corrected chi connectivity index (χ0v) is 13.1. The van der Waals surface area contributed by atoms with Gasteiger partial charge in [0.1, 0.15) is 6.73 Å². The Kier molecular flexibility index (Phi) is 5.98. The Balaban J connectivity index is 1.70. The van der Waals surface area contributed by atoms with Crippen LogP contribution in [0.25, 0.3) is 0 Å². The van der Waals surface area contributed by atoms with E-state index in [-0.39, 0.29) is 12.5 Å². The van der Waals surface area contributed by atoms with Crippen LogP contribution in [-0.4, -0.2) is 58.6 Å². The number of nitrogens with zero attached hydrogens (tertiary/aromatic N) is 1. The van der Waals surface area contributed by atoms with E-state index < -0.39 is 10.1 Å². The summed E-state index contributed by atoms with van der Waals surface area (Å²) in [7, 11) is -3.51. The Labute approximate surface area is 126 Å². The molecule has 0 atom stereocenters. The van der Waals surface area contributed by atoms with Gasteiger partial charge in [-0.3, -0.25) is 4.90 Å². The Morgan fingerprint density at radius 2 is 2.10 bits per heavy atom. The van der Waals surface area contributed by atoms with Gasteiger partial charge < -0.3 is 10.1 Å². The van der Waals surface area contributed by atoms with E-state index in [0.717, 1.165) is 24.3 Å². The molecule has 1 aromatic rings. The van der Waals surface area contributed by atoms with E-state index in [1.165, 1.54) is 0 Å². The van der Waals surface area contributed by atoms with E-state index in [9.17, 15) is 8.42 Å². The van der Waals surface area contributed by atoms with Gasteiger partial charge in [-0.1, -0.05) is 12.1 Å². The van der Waals surface area contributed by atoms with Crippen molar-refractivity contribution >= 4 is 15.8 Å². The Morgan fingerprint density at radius 3 is 2.81 bits per heavy atom. The van der Waals surface area contributed by atoms with Crippen LogP contribution in [0.1, 0.15) is 5.56 Å². The van der Waals surface area contributed by atoms with Crippen molar-refractivity contribution in [3.05, 3.63) is 29.8 Å². The highest BCUT2D eigenvalue weighted by Crippen LogP contribution is 2.09. The van der Waals surface area contributed by atoms with Crippen molar-refractivity contribution in [1.29, 1.82) is 0 Å². The van der Waals surface area contributed by atoms with Gasteiger partial charge in [-0.2, -0.15) is 8.42 Å². The largest absolute Gasteiger partial charge is 0.379 e. The minimum Gasteiger partial charge on any atom is -0.379 e. The molecule has 0 saturated carbocycles. The summed E-state index contributed by atoms with van der Waals surface area (Å²) in [5.41, 5.74) is 1.95. The zero-order chi connectivity index (χ0) is 15.1. The van der Waals surface area contributed by atoms with Crippen molar-refractivity contribution < 1.29 is 17.3 Å². The molecule has 1 aliphatic heterocycles.